The van der Waals surface area contributed by atoms with Gasteiger partial charge in [0, 0.05) is 37.0 Å². The Hall–Kier alpha value is -3.02. The van der Waals surface area contributed by atoms with Crippen molar-refractivity contribution in [3.8, 4) is 11.5 Å². The molecule has 0 spiro atoms. The monoisotopic (exact) mass is 299 g/mol. The molecule has 3 N–H and O–H groups in total. The van der Waals surface area contributed by atoms with Gasteiger partial charge in [-0.15, -0.1) is 0 Å². The Morgan fingerprint density at radius 1 is 1.14 bits per heavy atom. The maximum absolute atomic E-state index is 11.9. The van der Waals surface area contributed by atoms with Crippen molar-refractivity contribution in [1.29, 1.82) is 0 Å². The normalized spacial score (nSPS) is 10.6. The second-order valence-electron chi connectivity index (χ2n) is 4.88. The van der Waals surface area contributed by atoms with Crippen molar-refractivity contribution in [1.82, 2.24) is 5.43 Å². The summed E-state index contributed by atoms with van der Waals surface area (Å²) in [5, 5.41) is 22.6. The molecule has 2 aromatic carbocycles. The van der Waals surface area contributed by atoms with E-state index in [9.17, 15) is 15.0 Å². The summed E-state index contributed by atoms with van der Waals surface area (Å²) < 4.78 is 0. The summed E-state index contributed by atoms with van der Waals surface area (Å²) in [6.07, 6.45) is 1.31. The van der Waals surface area contributed by atoms with E-state index in [0.717, 1.165) is 5.69 Å². The van der Waals surface area contributed by atoms with Gasteiger partial charge in [0.1, 0.15) is 11.5 Å². The molecule has 0 saturated heterocycles. The number of carbonyl (C=O) groups excluding carboxylic acids is 1. The van der Waals surface area contributed by atoms with Crippen molar-refractivity contribution in [3.63, 3.8) is 0 Å². The number of benzene rings is 2. The first-order valence-corrected chi connectivity index (χ1v) is 6.60. The number of aromatic hydroxyl groups is 2. The summed E-state index contributed by atoms with van der Waals surface area (Å²) in [5.41, 5.74) is 4.25. The molecule has 0 fully saturated rings. The van der Waals surface area contributed by atoms with Gasteiger partial charge in [0.05, 0.1) is 6.21 Å². The molecule has 0 aliphatic rings. The first-order chi connectivity index (χ1) is 10.5. The molecule has 0 atom stereocenters. The zero-order chi connectivity index (χ0) is 16.1. The minimum absolute atomic E-state index is 0.0420. The average Bonchev–Trinajstić information content (AvgIpc) is 2.49. The van der Waals surface area contributed by atoms with Gasteiger partial charge in [-0.1, -0.05) is 0 Å². The number of nitrogens with one attached hydrogen (secondary N) is 1. The second-order valence-corrected chi connectivity index (χ2v) is 4.88. The fraction of sp³-hybridized carbons (Fsp3) is 0.125. The number of rotatable bonds is 4. The zero-order valence-electron chi connectivity index (χ0n) is 12.3. The molecule has 6 nitrogen and oxygen atoms in total. The van der Waals surface area contributed by atoms with Crippen molar-refractivity contribution in [3.05, 3.63) is 53.6 Å². The van der Waals surface area contributed by atoms with E-state index in [1.54, 1.807) is 12.1 Å². The van der Waals surface area contributed by atoms with E-state index in [-0.39, 0.29) is 17.4 Å². The minimum Gasteiger partial charge on any atom is -0.508 e. The van der Waals surface area contributed by atoms with Gasteiger partial charge in [-0.05, 0) is 36.4 Å². The van der Waals surface area contributed by atoms with E-state index in [4.69, 9.17) is 0 Å². The van der Waals surface area contributed by atoms with E-state index in [1.165, 1.54) is 24.4 Å². The Kier molecular flexibility index (Phi) is 4.63. The molecule has 22 heavy (non-hydrogen) atoms. The Morgan fingerprint density at radius 2 is 1.82 bits per heavy atom. The van der Waals surface area contributed by atoms with E-state index >= 15 is 0 Å². The molecule has 0 bridgehead atoms. The van der Waals surface area contributed by atoms with Crippen LogP contribution in [0.3, 0.4) is 0 Å². The number of amides is 1. The lowest BCUT2D eigenvalue weighted by Crippen LogP contribution is -2.18. The Bertz CT molecular complexity index is 694. The average molecular weight is 299 g/mol. The van der Waals surface area contributed by atoms with Gasteiger partial charge in [-0.3, -0.25) is 4.79 Å². The lowest BCUT2D eigenvalue weighted by Gasteiger charge is -2.12. The SMILES string of the molecule is CN(C)c1ccc(C(=O)NN=Cc2ccc(O)cc2O)cc1. The van der Waals surface area contributed by atoms with Gasteiger partial charge in [-0.25, -0.2) is 5.43 Å². The lowest BCUT2D eigenvalue weighted by molar-refractivity contribution is 0.0955. The van der Waals surface area contributed by atoms with Gasteiger partial charge in [-0.2, -0.15) is 5.10 Å². The number of hydrazone groups is 1. The van der Waals surface area contributed by atoms with Crippen molar-refractivity contribution >= 4 is 17.8 Å². The standard InChI is InChI=1S/C16H17N3O3/c1-19(2)13-6-3-11(4-7-13)16(22)18-17-10-12-5-8-14(20)9-15(12)21/h3-10,20-21H,1-2H3,(H,18,22). The second kappa shape index (κ2) is 6.62. The molecule has 6 heteroatoms. The third-order valence-corrected chi connectivity index (χ3v) is 3.03. The van der Waals surface area contributed by atoms with E-state index < -0.39 is 0 Å². The summed E-state index contributed by atoms with van der Waals surface area (Å²) in [5.74, 6) is -0.507. The number of anilines is 1. The highest BCUT2D eigenvalue weighted by Gasteiger charge is 2.05. The van der Waals surface area contributed by atoms with Gasteiger partial charge in [0.2, 0.25) is 0 Å². The highest BCUT2D eigenvalue weighted by molar-refractivity contribution is 5.95. The molecule has 114 valence electrons. The number of hydrogen-bond donors (Lipinski definition) is 3. The van der Waals surface area contributed by atoms with Crippen LogP contribution in [-0.2, 0) is 0 Å². The smallest absolute Gasteiger partial charge is 0.271 e. The summed E-state index contributed by atoms with van der Waals surface area (Å²) in [6.45, 7) is 0. The molecule has 0 radical (unpaired) electrons. The highest BCUT2D eigenvalue weighted by Crippen LogP contribution is 2.20. The minimum atomic E-state index is -0.347. The summed E-state index contributed by atoms with van der Waals surface area (Å²) >= 11 is 0. The molecule has 0 aliphatic heterocycles. The Balaban J connectivity index is 2.01. The number of carbonyl (C=O) groups is 1. The molecule has 2 aromatic rings. The fourth-order valence-corrected chi connectivity index (χ4v) is 1.78. The quantitative estimate of drug-likeness (QED) is 0.595. The highest BCUT2D eigenvalue weighted by atomic mass is 16.3. The Morgan fingerprint density at radius 3 is 2.41 bits per heavy atom. The Labute approximate surface area is 128 Å². The van der Waals surface area contributed by atoms with Crippen LogP contribution in [0, 0.1) is 0 Å². The molecular formula is C16H17N3O3. The molecule has 0 unspecified atom stereocenters. The molecule has 2 rings (SSSR count). The number of hydrogen-bond acceptors (Lipinski definition) is 5. The summed E-state index contributed by atoms with van der Waals surface area (Å²) in [4.78, 5) is 13.9. The maximum Gasteiger partial charge on any atom is 0.271 e. The predicted molar refractivity (Wildman–Crippen MR) is 85.6 cm³/mol. The largest absolute Gasteiger partial charge is 0.508 e. The predicted octanol–water partition coefficient (Wildman–Crippen LogP) is 1.93. The number of nitrogens with zero attached hydrogens (tertiary/aromatic N) is 2. The third-order valence-electron chi connectivity index (χ3n) is 3.03. The van der Waals surface area contributed by atoms with Gasteiger partial charge < -0.3 is 15.1 Å². The molecule has 1 amide bonds. The van der Waals surface area contributed by atoms with Gasteiger partial charge >= 0.3 is 0 Å². The van der Waals surface area contributed by atoms with Crippen LogP contribution in [0.2, 0.25) is 0 Å². The van der Waals surface area contributed by atoms with Crippen LogP contribution in [-0.4, -0.2) is 36.4 Å². The van der Waals surface area contributed by atoms with Crippen LogP contribution in [0.25, 0.3) is 0 Å². The zero-order valence-corrected chi connectivity index (χ0v) is 12.3. The first-order valence-electron chi connectivity index (χ1n) is 6.60. The van der Waals surface area contributed by atoms with Crippen LogP contribution in [0.4, 0.5) is 5.69 Å². The van der Waals surface area contributed by atoms with Crippen molar-refractivity contribution in [2.45, 2.75) is 0 Å². The summed E-state index contributed by atoms with van der Waals surface area (Å²) in [6, 6.07) is 11.2. The number of phenolic OH excluding ortho intramolecular Hbond substituents is 2. The van der Waals surface area contributed by atoms with E-state index in [2.05, 4.69) is 10.5 Å². The molecule has 0 aromatic heterocycles. The van der Waals surface area contributed by atoms with Gasteiger partial charge in [0.25, 0.3) is 5.91 Å². The van der Waals surface area contributed by atoms with Crippen molar-refractivity contribution in [2.24, 2.45) is 5.10 Å². The lowest BCUT2D eigenvalue weighted by atomic mass is 10.2. The van der Waals surface area contributed by atoms with Crippen molar-refractivity contribution < 1.29 is 15.0 Å². The van der Waals surface area contributed by atoms with Crippen LogP contribution < -0.4 is 10.3 Å². The molecular weight excluding hydrogens is 282 g/mol. The van der Waals surface area contributed by atoms with Crippen LogP contribution in [0.5, 0.6) is 11.5 Å². The first kappa shape index (κ1) is 15.4. The van der Waals surface area contributed by atoms with Crippen molar-refractivity contribution in [2.75, 3.05) is 19.0 Å². The van der Waals surface area contributed by atoms with E-state index in [1.807, 2.05) is 31.1 Å². The summed E-state index contributed by atoms with van der Waals surface area (Å²) in [7, 11) is 3.84. The van der Waals surface area contributed by atoms with Gasteiger partial charge in [0.15, 0.2) is 0 Å². The molecule has 0 saturated carbocycles. The third kappa shape index (κ3) is 3.76. The molecule has 0 heterocycles. The van der Waals surface area contributed by atoms with Crippen LogP contribution in [0.1, 0.15) is 15.9 Å². The van der Waals surface area contributed by atoms with E-state index in [0.29, 0.717) is 11.1 Å². The number of phenols is 2. The maximum atomic E-state index is 11.9. The molecule has 0 aliphatic carbocycles. The van der Waals surface area contributed by atoms with Crippen LogP contribution >= 0.6 is 0 Å². The van der Waals surface area contributed by atoms with Crippen LogP contribution in [0.15, 0.2) is 47.6 Å². The topological polar surface area (TPSA) is 85.2 Å². The fourth-order valence-electron chi connectivity index (χ4n) is 1.78.